The predicted molar refractivity (Wildman–Crippen MR) is 43.7 cm³/mol. The van der Waals surface area contributed by atoms with E-state index in [2.05, 4.69) is 15.9 Å². The maximum Gasteiger partial charge on any atom is 0.184 e. The third-order valence-corrected chi connectivity index (χ3v) is 2.47. The summed E-state index contributed by atoms with van der Waals surface area (Å²) >= 11 is 3.26. The van der Waals surface area contributed by atoms with Crippen LogP contribution in [-0.2, 0) is 14.3 Å². The van der Waals surface area contributed by atoms with Gasteiger partial charge in [-0.15, -0.1) is 0 Å². The van der Waals surface area contributed by atoms with E-state index in [1.165, 1.54) is 0 Å². The molecule has 0 amide bonds. The van der Waals surface area contributed by atoms with Crippen LogP contribution in [-0.4, -0.2) is 30.6 Å². The molecule has 0 atom stereocenters. The van der Waals surface area contributed by atoms with Gasteiger partial charge in [-0.2, -0.15) is 0 Å². The van der Waals surface area contributed by atoms with Crippen LogP contribution < -0.4 is 0 Å². The molecule has 1 aliphatic rings. The van der Waals surface area contributed by atoms with Crippen LogP contribution >= 0.6 is 15.9 Å². The van der Waals surface area contributed by atoms with Gasteiger partial charge in [0.15, 0.2) is 5.79 Å². The van der Waals surface area contributed by atoms with Crippen molar-refractivity contribution in [2.75, 3.05) is 18.5 Å². The largest absolute Gasteiger partial charge is 0.349 e. The third-order valence-electron chi connectivity index (χ3n) is 1.62. The fourth-order valence-corrected chi connectivity index (χ4v) is 1.55. The first-order valence-corrected chi connectivity index (χ1v) is 4.73. The van der Waals surface area contributed by atoms with Gasteiger partial charge < -0.3 is 14.3 Å². The molecule has 0 unspecified atom stereocenters. The molecule has 0 aromatic heterocycles. The van der Waals surface area contributed by atoms with Crippen molar-refractivity contribution in [1.82, 2.24) is 0 Å². The standard InChI is InChI=1S/C7H11BrO3/c8-6-7(2-3-9)10-4-1-5-11-7/h3H,1-2,4-6H2. The van der Waals surface area contributed by atoms with Crippen molar-refractivity contribution in [1.29, 1.82) is 0 Å². The number of hydrogen-bond donors (Lipinski definition) is 0. The Balaban J connectivity index is 2.49. The molecule has 1 aliphatic heterocycles. The Morgan fingerprint density at radius 1 is 1.45 bits per heavy atom. The van der Waals surface area contributed by atoms with Crippen LogP contribution in [0.3, 0.4) is 0 Å². The van der Waals surface area contributed by atoms with Crippen LogP contribution in [0.1, 0.15) is 12.8 Å². The summed E-state index contributed by atoms with van der Waals surface area (Å²) < 4.78 is 10.7. The fraction of sp³-hybridized carbons (Fsp3) is 0.857. The van der Waals surface area contributed by atoms with E-state index in [1.54, 1.807) is 0 Å². The second-order valence-electron chi connectivity index (χ2n) is 2.47. The number of hydrogen-bond acceptors (Lipinski definition) is 3. The molecule has 0 N–H and O–H groups in total. The molecule has 0 aromatic rings. The van der Waals surface area contributed by atoms with Gasteiger partial charge in [0.1, 0.15) is 6.29 Å². The highest BCUT2D eigenvalue weighted by Crippen LogP contribution is 2.23. The van der Waals surface area contributed by atoms with Gasteiger partial charge in [-0.05, 0) is 6.42 Å². The molecule has 1 saturated heterocycles. The quantitative estimate of drug-likeness (QED) is 0.531. The number of aldehydes is 1. The molecule has 4 heteroatoms. The van der Waals surface area contributed by atoms with Crippen LogP contribution in [0.4, 0.5) is 0 Å². The van der Waals surface area contributed by atoms with Gasteiger partial charge in [-0.1, -0.05) is 15.9 Å². The van der Waals surface area contributed by atoms with Gasteiger partial charge in [-0.25, -0.2) is 0 Å². The SMILES string of the molecule is O=CCC1(CBr)OCCCO1. The Morgan fingerprint density at radius 2 is 2.09 bits per heavy atom. The zero-order chi connectivity index (χ0) is 8.16. The van der Waals surface area contributed by atoms with Crippen molar-refractivity contribution < 1.29 is 14.3 Å². The normalized spacial score (nSPS) is 23.0. The highest BCUT2D eigenvalue weighted by molar-refractivity contribution is 9.09. The first-order valence-electron chi connectivity index (χ1n) is 3.60. The molecule has 0 saturated carbocycles. The molecule has 0 spiro atoms. The van der Waals surface area contributed by atoms with E-state index in [4.69, 9.17) is 9.47 Å². The van der Waals surface area contributed by atoms with Gasteiger partial charge in [0, 0.05) is 0 Å². The first-order chi connectivity index (χ1) is 5.33. The summed E-state index contributed by atoms with van der Waals surface area (Å²) in [6.45, 7) is 1.36. The number of alkyl halides is 1. The smallest absolute Gasteiger partial charge is 0.184 e. The predicted octanol–water partition coefficient (Wildman–Crippen LogP) is 1.10. The second kappa shape index (κ2) is 4.18. The van der Waals surface area contributed by atoms with Gasteiger partial charge in [0.2, 0.25) is 0 Å². The minimum atomic E-state index is -0.681. The summed E-state index contributed by atoms with van der Waals surface area (Å²) in [4.78, 5) is 10.3. The average molecular weight is 223 g/mol. The Bertz CT molecular complexity index is 132. The Labute approximate surface area is 74.2 Å². The van der Waals surface area contributed by atoms with Gasteiger partial charge in [0.25, 0.3) is 0 Å². The Hall–Kier alpha value is 0.0700. The van der Waals surface area contributed by atoms with Gasteiger partial charge in [0.05, 0.1) is 25.0 Å². The molecule has 1 fully saturated rings. The minimum absolute atomic E-state index is 0.304. The first kappa shape index (κ1) is 9.16. The van der Waals surface area contributed by atoms with Crippen LogP contribution in [0.25, 0.3) is 0 Å². The Morgan fingerprint density at radius 3 is 2.55 bits per heavy atom. The topological polar surface area (TPSA) is 35.5 Å². The molecule has 0 aliphatic carbocycles. The average Bonchev–Trinajstić information content (AvgIpc) is 2.07. The van der Waals surface area contributed by atoms with Crippen LogP contribution in [0.2, 0.25) is 0 Å². The lowest BCUT2D eigenvalue weighted by atomic mass is 10.2. The second-order valence-corrected chi connectivity index (χ2v) is 3.03. The molecular formula is C7H11BrO3. The molecule has 1 heterocycles. The lowest BCUT2D eigenvalue weighted by Gasteiger charge is -2.34. The number of halogens is 1. The monoisotopic (exact) mass is 222 g/mol. The van der Waals surface area contributed by atoms with Crippen LogP contribution in [0.15, 0.2) is 0 Å². The highest BCUT2D eigenvalue weighted by atomic mass is 79.9. The summed E-state index contributed by atoms with van der Waals surface area (Å²) in [6, 6.07) is 0. The maximum atomic E-state index is 10.3. The van der Waals surface area contributed by atoms with Crippen molar-refractivity contribution in [2.45, 2.75) is 18.6 Å². The molecule has 64 valence electrons. The van der Waals surface area contributed by atoms with Crippen molar-refractivity contribution in [2.24, 2.45) is 0 Å². The summed E-state index contributed by atoms with van der Waals surface area (Å²) in [7, 11) is 0. The molecule has 1 rings (SSSR count). The number of carbonyl (C=O) groups excluding carboxylic acids is 1. The van der Waals surface area contributed by atoms with Gasteiger partial charge >= 0.3 is 0 Å². The number of rotatable bonds is 3. The number of carbonyl (C=O) groups is 1. The lowest BCUT2D eigenvalue weighted by Crippen LogP contribution is -2.42. The van der Waals surface area contributed by atoms with Gasteiger partial charge in [-0.3, -0.25) is 0 Å². The summed E-state index contributed by atoms with van der Waals surface area (Å²) in [5.41, 5.74) is 0. The summed E-state index contributed by atoms with van der Waals surface area (Å²) in [6.07, 6.45) is 2.04. The Kier molecular flexibility index (Phi) is 3.48. The van der Waals surface area contributed by atoms with Crippen LogP contribution in [0.5, 0.6) is 0 Å². The molecular weight excluding hydrogens is 212 g/mol. The van der Waals surface area contributed by atoms with Crippen molar-refractivity contribution in [3.8, 4) is 0 Å². The van der Waals surface area contributed by atoms with Crippen molar-refractivity contribution in [3.05, 3.63) is 0 Å². The van der Waals surface area contributed by atoms with E-state index in [9.17, 15) is 4.79 Å². The zero-order valence-corrected chi connectivity index (χ0v) is 7.80. The van der Waals surface area contributed by atoms with Crippen molar-refractivity contribution in [3.63, 3.8) is 0 Å². The summed E-state index contributed by atoms with van der Waals surface area (Å²) in [5.74, 6) is -0.681. The molecule has 0 radical (unpaired) electrons. The van der Waals surface area contributed by atoms with E-state index in [1.807, 2.05) is 0 Å². The van der Waals surface area contributed by atoms with E-state index in [-0.39, 0.29) is 0 Å². The number of ether oxygens (including phenoxy) is 2. The minimum Gasteiger partial charge on any atom is -0.349 e. The molecule has 11 heavy (non-hydrogen) atoms. The molecule has 0 aromatic carbocycles. The lowest BCUT2D eigenvalue weighted by molar-refractivity contribution is -0.250. The fourth-order valence-electron chi connectivity index (χ4n) is 0.993. The summed E-state index contributed by atoms with van der Waals surface area (Å²) in [5, 5.41) is 0.554. The van der Waals surface area contributed by atoms with E-state index < -0.39 is 5.79 Å². The maximum absolute atomic E-state index is 10.3. The van der Waals surface area contributed by atoms with E-state index in [0.29, 0.717) is 25.0 Å². The molecule has 0 bridgehead atoms. The van der Waals surface area contributed by atoms with E-state index >= 15 is 0 Å². The van der Waals surface area contributed by atoms with Crippen LogP contribution in [0, 0.1) is 0 Å². The molecule has 3 nitrogen and oxygen atoms in total. The third kappa shape index (κ3) is 2.25. The highest BCUT2D eigenvalue weighted by Gasteiger charge is 2.32. The zero-order valence-electron chi connectivity index (χ0n) is 6.22. The van der Waals surface area contributed by atoms with Crippen molar-refractivity contribution >= 4 is 22.2 Å². The van der Waals surface area contributed by atoms with E-state index in [0.717, 1.165) is 12.7 Å².